The zero-order chi connectivity index (χ0) is 13.7. The van der Waals surface area contributed by atoms with E-state index >= 15 is 0 Å². The molecule has 1 aliphatic rings. The Morgan fingerprint density at radius 1 is 1.53 bits per heavy atom. The number of ether oxygens (including phenoxy) is 1. The predicted molar refractivity (Wildman–Crippen MR) is 86.0 cm³/mol. The molecule has 1 fully saturated rings. The highest BCUT2D eigenvalue weighted by Gasteiger charge is 2.36. The van der Waals surface area contributed by atoms with Gasteiger partial charge in [-0.2, -0.15) is 0 Å². The van der Waals surface area contributed by atoms with Crippen LogP contribution in [0.15, 0.2) is 15.9 Å². The minimum atomic E-state index is -0.0100. The van der Waals surface area contributed by atoms with Crippen LogP contribution in [0.25, 0.3) is 0 Å². The molecule has 2 nitrogen and oxygen atoms in total. The summed E-state index contributed by atoms with van der Waals surface area (Å²) in [4.78, 5) is 1.43. The van der Waals surface area contributed by atoms with Crippen molar-refractivity contribution >= 4 is 27.3 Å². The zero-order valence-corrected chi connectivity index (χ0v) is 14.3. The van der Waals surface area contributed by atoms with Gasteiger partial charge in [-0.1, -0.05) is 6.92 Å². The predicted octanol–water partition coefficient (Wildman–Crippen LogP) is 4.38. The van der Waals surface area contributed by atoms with Crippen LogP contribution in [-0.4, -0.2) is 24.8 Å². The Kier molecular flexibility index (Phi) is 5.87. The molecule has 0 aliphatic carbocycles. The Hall–Kier alpha value is 0.1000. The smallest absolute Gasteiger partial charge is 0.0810 e. The first-order valence-electron chi connectivity index (χ1n) is 7.24. The van der Waals surface area contributed by atoms with Crippen LogP contribution in [0, 0.1) is 0 Å². The van der Waals surface area contributed by atoms with Gasteiger partial charge in [0.1, 0.15) is 0 Å². The summed E-state index contributed by atoms with van der Waals surface area (Å²) < 4.78 is 7.33. The fourth-order valence-electron chi connectivity index (χ4n) is 2.71. The number of halogens is 1. The third kappa shape index (κ3) is 4.28. The molecule has 0 amide bonds. The van der Waals surface area contributed by atoms with Gasteiger partial charge in [0.25, 0.3) is 0 Å². The lowest BCUT2D eigenvalue weighted by molar-refractivity contribution is -0.0882. The maximum Gasteiger partial charge on any atom is 0.0810 e. The Labute approximate surface area is 129 Å². The molecule has 0 aromatic carbocycles. The van der Waals surface area contributed by atoms with Gasteiger partial charge < -0.3 is 10.1 Å². The molecule has 0 saturated carbocycles. The number of nitrogens with one attached hydrogen (secondary N) is 1. The molecule has 0 radical (unpaired) electrons. The Morgan fingerprint density at radius 2 is 2.37 bits per heavy atom. The monoisotopic (exact) mass is 345 g/mol. The quantitative estimate of drug-likeness (QED) is 0.825. The van der Waals surface area contributed by atoms with Gasteiger partial charge in [0.05, 0.1) is 5.60 Å². The van der Waals surface area contributed by atoms with Crippen LogP contribution in [-0.2, 0) is 11.2 Å². The van der Waals surface area contributed by atoms with Crippen molar-refractivity contribution in [2.24, 2.45) is 0 Å². The van der Waals surface area contributed by atoms with Crippen LogP contribution in [0.4, 0.5) is 0 Å². The normalized spacial score (nSPS) is 25.4. The first-order valence-corrected chi connectivity index (χ1v) is 8.91. The zero-order valence-electron chi connectivity index (χ0n) is 11.9. The van der Waals surface area contributed by atoms with Gasteiger partial charge in [-0.05, 0) is 67.6 Å². The summed E-state index contributed by atoms with van der Waals surface area (Å²) >= 11 is 5.37. The van der Waals surface area contributed by atoms with E-state index in [9.17, 15) is 0 Å². The first-order chi connectivity index (χ1) is 9.14. The molecule has 0 spiro atoms. The first kappa shape index (κ1) is 15.5. The van der Waals surface area contributed by atoms with Gasteiger partial charge in [-0.15, -0.1) is 11.3 Å². The minimum absolute atomic E-state index is 0.0100. The van der Waals surface area contributed by atoms with Crippen molar-refractivity contribution in [2.45, 2.75) is 57.6 Å². The molecule has 2 unspecified atom stereocenters. The standard InChI is InChI=1S/C15H24BrNOS/c1-3-7-17-14(10-13-9-12(16)11-19-13)15(2)6-4-5-8-18-15/h9,11,14,17H,3-8,10H2,1-2H3. The number of rotatable bonds is 6. The molecule has 1 N–H and O–H groups in total. The van der Waals surface area contributed by atoms with Crippen molar-refractivity contribution in [3.8, 4) is 0 Å². The van der Waals surface area contributed by atoms with E-state index in [1.165, 1.54) is 35.0 Å². The summed E-state index contributed by atoms with van der Waals surface area (Å²) in [5.74, 6) is 0. The van der Waals surface area contributed by atoms with Crippen molar-refractivity contribution in [3.63, 3.8) is 0 Å². The maximum atomic E-state index is 6.13. The van der Waals surface area contributed by atoms with Gasteiger partial charge in [0.2, 0.25) is 0 Å². The third-order valence-electron chi connectivity index (χ3n) is 3.90. The molecule has 2 atom stereocenters. The van der Waals surface area contributed by atoms with Gasteiger partial charge in [0, 0.05) is 27.4 Å². The highest BCUT2D eigenvalue weighted by molar-refractivity contribution is 9.10. The summed E-state index contributed by atoms with van der Waals surface area (Å²) in [5, 5.41) is 5.87. The fraction of sp³-hybridized carbons (Fsp3) is 0.733. The topological polar surface area (TPSA) is 21.3 Å². The molecule has 19 heavy (non-hydrogen) atoms. The van der Waals surface area contributed by atoms with E-state index in [-0.39, 0.29) is 5.60 Å². The molecule has 2 heterocycles. The van der Waals surface area contributed by atoms with Crippen molar-refractivity contribution in [2.75, 3.05) is 13.2 Å². The Bertz CT molecular complexity index is 387. The lowest BCUT2D eigenvalue weighted by Gasteiger charge is -2.41. The van der Waals surface area contributed by atoms with E-state index in [4.69, 9.17) is 4.74 Å². The van der Waals surface area contributed by atoms with Crippen molar-refractivity contribution in [1.82, 2.24) is 5.32 Å². The van der Waals surface area contributed by atoms with E-state index in [2.05, 4.69) is 46.5 Å². The molecule has 2 rings (SSSR count). The second-order valence-electron chi connectivity index (χ2n) is 5.56. The van der Waals surface area contributed by atoms with E-state index in [0.717, 1.165) is 19.6 Å². The Balaban J connectivity index is 2.05. The molecular weight excluding hydrogens is 322 g/mol. The summed E-state index contributed by atoms with van der Waals surface area (Å²) in [6, 6.07) is 2.65. The van der Waals surface area contributed by atoms with Crippen LogP contribution in [0.5, 0.6) is 0 Å². The number of hydrogen-bond acceptors (Lipinski definition) is 3. The molecule has 108 valence electrons. The van der Waals surface area contributed by atoms with Crippen LogP contribution in [0.2, 0.25) is 0 Å². The van der Waals surface area contributed by atoms with E-state index in [0.29, 0.717) is 6.04 Å². The molecule has 1 aliphatic heterocycles. The van der Waals surface area contributed by atoms with Crippen LogP contribution < -0.4 is 5.32 Å². The van der Waals surface area contributed by atoms with Crippen LogP contribution in [0.1, 0.15) is 44.4 Å². The lowest BCUT2D eigenvalue weighted by atomic mass is 9.86. The summed E-state index contributed by atoms with van der Waals surface area (Å²) in [6.45, 7) is 6.48. The average Bonchev–Trinajstić information content (AvgIpc) is 2.81. The second-order valence-corrected chi connectivity index (χ2v) is 7.47. The van der Waals surface area contributed by atoms with E-state index in [1.807, 2.05) is 11.3 Å². The second kappa shape index (κ2) is 7.21. The van der Waals surface area contributed by atoms with Gasteiger partial charge >= 0.3 is 0 Å². The summed E-state index contributed by atoms with van der Waals surface area (Å²) in [6.07, 6.45) is 5.89. The minimum Gasteiger partial charge on any atom is -0.374 e. The highest BCUT2D eigenvalue weighted by atomic mass is 79.9. The molecule has 1 saturated heterocycles. The number of thiophene rings is 1. The van der Waals surface area contributed by atoms with Crippen molar-refractivity contribution < 1.29 is 4.74 Å². The molecular formula is C15H24BrNOS. The van der Waals surface area contributed by atoms with Gasteiger partial charge in [0.15, 0.2) is 0 Å². The van der Waals surface area contributed by atoms with Crippen molar-refractivity contribution in [1.29, 1.82) is 0 Å². The number of hydrogen-bond donors (Lipinski definition) is 1. The average molecular weight is 346 g/mol. The van der Waals surface area contributed by atoms with Crippen molar-refractivity contribution in [3.05, 3.63) is 20.8 Å². The molecule has 4 heteroatoms. The lowest BCUT2D eigenvalue weighted by Crippen LogP contribution is -2.53. The Morgan fingerprint density at radius 3 is 2.95 bits per heavy atom. The summed E-state index contributed by atoms with van der Waals surface area (Å²) in [5.41, 5.74) is -0.0100. The molecule has 1 aromatic heterocycles. The van der Waals surface area contributed by atoms with Gasteiger partial charge in [-0.25, -0.2) is 0 Å². The SMILES string of the molecule is CCCNC(Cc1cc(Br)cs1)C1(C)CCCCO1. The highest BCUT2D eigenvalue weighted by Crippen LogP contribution is 2.31. The van der Waals surface area contributed by atoms with Gasteiger partial charge in [-0.3, -0.25) is 0 Å². The third-order valence-corrected chi connectivity index (χ3v) is 5.62. The largest absolute Gasteiger partial charge is 0.374 e. The van der Waals surface area contributed by atoms with Crippen LogP contribution >= 0.6 is 27.3 Å². The summed E-state index contributed by atoms with van der Waals surface area (Å²) in [7, 11) is 0. The maximum absolute atomic E-state index is 6.13. The van der Waals surface area contributed by atoms with E-state index in [1.54, 1.807) is 0 Å². The van der Waals surface area contributed by atoms with Crippen LogP contribution in [0.3, 0.4) is 0 Å². The molecule has 0 bridgehead atoms. The van der Waals surface area contributed by atoms with E-state index < -0.39 is 0 Å². The molecule has 1 aromatic rings. The fourth-order valence-corrected chi connectivity index (χ4v) is 4.21.